The van der Waals surface area contributed by atoms with Gasteiger partial charge >= 0.3 is 0 Å². The van der Waals surface area contributed by atoms with Crippen molar-refractivity contribution in [3.63, 3.8) is 0 Å². The zero-order valence-corrected chi connectivity index (χ0v) is 18.1. The molecule has 2 aliphatic rings. The molecule has 3 aromatic carbocycles. The van der Waals surface area contributed by atoms with E-state index in [1.165, 1.54) is 6.07 Å². The summed E-state index contributed by atoms with van der Waals surface area (Å²) in [6.45, 7) is 6.06. The molecular weight excluding hydrogens is 396 g/mol. The second-order valence-corrected chi connectivity index (χ2v) is 7.64. The van der Waals surface area contributed by atoms with Crippen molar-refractivity contribution >= 4 is 27.6 Å². The Bertz CT molecular complexity index is 1520. The van der Waals surface area contributed by atoms with Crippen LogP contribution in [0.4, 0.5) is 5.69 Å². The van der Waals surface area contributed by atoms with E-state index in [1.807, 2.05) is 60.7 Å². The van der Waals surface area contributed by atoms with E-state index < -0.39 is 0 Å². The Hall–Kier alpha value is -4.10. The van der Waals surface area contributed by atoms with Crippen LogP contribution in [0.25, 0.3) is 33.3 Å². The maximum Gasteiger partial charge on any atom is 0.190 e. The lowest BCUT2D eigenvalue weighted by atomic mass is 10.0. The number of rotatable bonds is 3. The summed E-state index contributed by atoms with van der Waals surface area (Å²) in [4.78, 5) is 19.9. The van der Waals surface area contributed by atoms with Gasteiger partial charge in [-0.2, -0.15) is 0 Å². The van der Waals surface area contributed by atoms with Gasteiger partial charge in [-0.1, -0.05) is 30.0 Å². The van der Waals surface area contributed by atoms with Crippen LogP contribution in [0, 0.1) is 11.8 Å². The third kappa shape index (κ3) is 3.59. The van der Waals surface area contributed by atoms with Gasteiger partial charge in [0.1, 0.15) is 11.2 Å². The SMILES string of the molecule is CCN(CC)c1ccc2nc3c4cc(C#Cc5ccccc5)ccc4c(=O)cc-3oc2c1. The highest BCUT2D eigenvalue weighted by Crippen LogP contribution is 2.32. The summed E-state index contributed by atoms with van der Waals surface area (Å²) < 4.78 is 6.16. The summed E-state index contributed by atoms with van der Waals surface area (Å²) in [6.07, 6.45) is 0. The molecule has 156 valence electrons. The minimum Gasteiger partial charge on any atom is -0.453 e. The summed E-state index contributed by atoms with van der Waals surface area (Å²) in [7, 11) is 0. The van der Waals surface area contributed by atoms with Crippen molar-refractivity contribution in [3.8, 4) is 23.3 Å². The van der Waals surface area contributed by atoms with Crippen molar-refractivity contribution < 1.29 is 4.42 Å². The first-order valence-electron chi connectivity index (χ1n) is 10.8. The molecule has 0 fully saturated rings. The van der Waals surface area contributed by atoms with Crippen molar-refractivity contribution in [2.75, 3.05) is 18.0 Å². The monoisotopic (exact) mass is 418 g/mol. The standard InChI is InChI=1S/C28H22N2O2/c1-3-30(4-2)21-13-15-24-26(17-21)32-27-18-25(31)22-14-12-20(16-23(22)28(27)29-24)11-10-19-8-6-5-7-9-19/h5-9,12-18H,3-4H2,1-2H3. The minimum atomic E-state index is -0.0835. The first-order chi connectivity index (χ1) is 15.7. The molecule has 0 unspecified atom stereocenters. The molecule has 0 radical (unpaired) electrons. The number of aromatic nitrogens is 1. The van der Waals surface area contributed by atoms with Crippen molar-refractivity contribution in [1.29, 1.82) is 0 Å². The molecule has 4 nitrogen and oxygen atoms in total. The Balaban J connectivity index is 1.68. The number of benzene rings is 4. The highest BCUT2D eigenvalue weighted by molar-refractivity contribution is 5.97. The number of fused-ring (bicyclic) bond motifs is 4. The Kier molecular flexibility index (Phi) is 5.09. The van der Waals surface area contributed by atoms with Crippen LogP contribution in [0.2, 0.25) is 0 Å². The fourth-order valence-corrected chi connectivity index (χ4v) is 3.99. The maximum absolute atomic E-state index is 12.8. The molecule has 3 aromatic rings. The van der Waals surface area contributed by atoms with E-state index in [0.29, 0.717) is 22.4 Å². The van der Waals surface area contributed by atoms with E-state index >= 15 is 0 Å². The maximum atomic E-state index is 12.8. The van der Waals surface area contributed by atoms with Gasteiger partial charge in [0.2, 0.25) is 0 Å². The molecule has 0 atom stereocenters. The highest BCUT2D eigenvalue weighted by Gasteiger charge is 2.16. The van der Waals surface area contributed by atoms with Crippen LogP contribution < -0.4 is 10.3 Å². The quantitative estimate of drug-likeness (QED) is 0.214. The van der Waals surface area contributed by atoms with Gasteiger partial charge < -0.3 is 9.32 Å². The van der Waals surface area contributed by atoms with Gasteiger partial charge in [0.25, 0.3) is 0 Å². The number of anilines is 1. The predicted molar refractivity (Wildman–Crippen MR) is 130 cm³/mol. The Morgan fingerprint density at radius 2 is 1.62 bits per heavy atom. The normalized spacial score (nSPS) is 10.9. The van der Waals surface area contributed by atoms with Gasteiger partial charge in [-0.15, -0.1) is 0 Å². The van der Waals surface area contributed by atoms with E-state index in [9.17, 15) is 4.79 Å². The second kappa shape index (κ2) is 8.20. The number of hydrogen-bond acceptors (Lipinski definition) is 4. The molecule has 0 aromatic heterocycles. The summed E-state index contributed by atoms with van der Waals surface area (Å²) in [5, 5.41) is 1.37. The highest BCUT2D eigenvalue weighted by atomic mass is 16.3. The Labute approximate surface area is 186 Å². The molecular formula is C28H22N2O2. The lowest BCUT2D eigenvalue weighted by Gasteiger charge is -2.21. The van der Waals surface area contributed by atoms with Crippen molar-refractivity contribution in [2.24, 2.45) is 0 Å². The van der Waals surface area contributed by atoms with Crippen LogP contribution >= 0.6 is 0 Å². The van der Waals surface area contributed by atoms with Crippen LogP contribution in [0.5, 0.6) is 0 Å². The number of hydrogen-bond donors (Lipinski definition) is 0. The molecule has 4 heteroatoms. The average molecular weight is 418 g/mol. The van der Waals surface area contributed by atoms with Gasteiger partial charge in [-0.3, -0.25) is 4.79 Å². The molecule has 0 bridgehead atoms. The van der Waals surface area contributed by atoms with Gasteiger partial charge in [0, 0.05) is 52.8 Å². The zero-order valence-electron chi connectivity index (χ0n) is 18.1. The molecule has 1 aliphatic carbocycles. The van der Waals surface area contributed by atoms with Crippen LogP contribution in [0.3, 0.4) is 0 Å². The predicted octanol–water partition coefficient (Wildman–Crippen LogP) is 5.69. The minimum absolute atomic E-state index is 0.0835. The van der Waals surface area contributed by atoms with Crippen LogP contribution in [-0.4, -0.2) is 18.1 Å². The molecule has 0 spiro atoms. The Morgan fingerprint density at radius 1 is 0.844 bits per heavy atom. The fourth-order valence-electron chi connectivity index (χ4n) is 3.99. The molecule has 0 amide bonds. The fraction of sp³-hybridized carbons (Fsp3) is 0.143. The van der Waals surface area contributed by atoms with Crippen molar-refractivity contribution in [3.05, 3.63) is 94.1 Å². The Morgan fingerprint density at radius 3 is 2.41 bits per heavy atom. The first-order valence-corrected chi connectivity index (χ1v) is 10.8. The van der Waals surface area contributed by atoms with Crippen LogP contribution in [0.1, 0.15) is 25.0 Å². The first kappa shape index (κ1) is 19.8. The summed E-state index contributed by atoms with van der Waals surface area (Å²) in [5.41, 5.74) is 4.86. The van der Waals surface area contributed by atoms with E-state index in [-0.39, 0.29) is 5.43 Å². The summed E-state index contributed by atoms with van der Waals surface area (Å²) >= 11 is 0. The van der Waals surface area contributed by atoms with E-state index in [4.69, 9.17) is 9.40 Å². The van der Waals surface area contributed by atoms with Gasteiger partial charge in [-0.25, -0.2) is 4.98 Å². The molecule has 32 heavy (non-hydrogen) atoms. The van der Waals surface area contributed by atoms with Crippen molar-refractivity contribution in [2.45, 2.75) is 13.8 Å². The third-order valence-electron chi connectivity index (χ3n) is 5.68. The topological polar surface area (TPSA) is 46.3 Å². The van der Waals surface area contributed by atoms with E-state index in [1.54, 1.807) is 0 Å². The smallest absolute Gasteiger partial charge is 0.190 e. The largest absolute Gasteiger partial charge is 0.453 e. The third-order valence-corrected chi connectivity index (χ3v) is 5.68. The zero-order chi connectivity index (χ0) is 22.1. The molecule has 5 rings (SSSR count). The van der Waals surface area contributed by atoms with Crippen LogP contribution in [-0.2, 0) is 0 Å². The van der Waals surface area contributed by atoms with Crippen LogP contribution in [0.15, 0.2) is 82.0 Å². The lowest BCUT2D eigenvalue weighted by molar-refractivity contribution is 0.613. The summed E-state index contributed by atoms with van der Waals surface area (Å²) in [6, 6.07) is 23.0. The van der Waals surface area contributed by atoms with E-state index in [2.05, 4.69) is 36.7 Å². The molecule has 1 heterocycles. The average Bonchev–Trinajstić information content (AvgIpc) is 2.83. The van der Waals surface area contributed by atoms with Gasteiger partial charge in [-0.05, 0) is 56.3 Å². The second-order valence-electron chi connectivity index (χ2n) is 7.64. The van der Waals surface area contributed by atoms with E-state index in [0.717, 1.165) is 40.8 Å². The molecule has 0 N–H and O–H groups in total. The van der Waals surface area contributed by atoms with Gasteiger partial charge in [0.15, 0.2) is 16.8 Å². The molecule has 0 saturated heterocycles. The molecule has 1 aliphatic heterocycles. The summed E-state index contributed by atoms with van der Waals surface area (Å²) in [5.74, 6) is 6.85. The van der Waals surface area contributed by atoms with Crippen molar-refractivity contribution in [1.82, 2.24) is 4.98 Å². The molecule has 0 saturated carbocycles. The lowest BCUT2D eigenvalue weighted by Crippen LogP contribution is -2.21. The number of nitrogens with zero attached hydrogens (tertiary/aromatic N) is 2. The van der Waals surface area contributed by atoms with Gasteiger partial charge in [0.05, 0.1) is 0 Å².